The molecule has 0 saturated heterocycles. The Morgan fingerprint density at radius 2 is 2.09 bits per heavy atom. The zero-order valence-corrected chi connectivity index (χ0v) is 13.5. The summed E-state index contributed by atoms with van der Waals surface area (Å²) in [5, 5.41) is 3.83. The Morgan fingerprint density at radius 1 is 1.39 bits per heavy atom. The first kappa shape index (κ1) is 16.9. The molecular formula is C15H16FN3O3S. The fourth-order valence-corrected chi connectivity index (χ4v) is 2.82. The minimum atomic E-state index is -4.07. The molecule has 0 fully saturated rings. The van der Waals surface area contributed by atoms with E-state index in [2.05, 4.69) is 5.10 Å². The Kier molecular flexibility index (Phi) is 4.95. The molecule has 0 bridgehead atoms. The molecule has 122 valence electrons. The Balaban J connectivity index is 2.28. The molecule has 2 aromatic rings. The van der Waals surface area contributed by atoms with E-state index < -0.39 is 21.7 Å². The van der Waals surface area contributed by atoms with Gasteiger partial charge in [0.05, 0.1) is 12.4 Å². The number of nitrogens with one attached hydrogen (secondary N) is 1. The van der Waals surface area contributed by atoms with Crippen molar-refractivity contribution in [2.45, 2.75) is 25.2 Å². The smallest absolute Gasteiger partial charge is 0.267 e. The van der Waals surface area contributed by atoms with Gasteiger partial charge in [-0.2, -0.15) is 5.10 Å². The molecule has 0 aliphatic carbocycles. The third-order valence-corrected chi connectivity index (χ3v) is 4.35. The number of para-hydroxylation sites is 1. The van der Waals surface area contributed by atoms with E-state index in [4.69, 9.17) is 0 Å². The van der Waals surface area contributed by atoms with E-state index in [0.29, 0.717) is 12.0 Å². The summed E-state index contributed by atoms with van der Waals surface area (Å²) in [5.41, 5.74) is 0.417. The fraction of sp³-hybridized carbons (Fsp3) is 0.200. The van der Waals surface area contributed by atoms with Crippen molar-refractivity contribution < 1.29 is 17.6 Å². The van der Waals surface area contributed by atoms with E-state index in [1.807, 2.05) is 11.6 Å². The first-order chi connectivity index (χ1) is 10.8. The van der Waals surface area contributed by atoms with Crippen molar-refractivity contribution in [3.63, 3.8) is 0 Å². The van der Waals surface area contributed by atoms with Gasteiger partial charge in [0.2, 0.25) is 0 Å². The number of amides is 1. The largest absolute Gasteiger partial charge is 0.269 e. The van der Waals surface area contributed by atoms with E-state index in [1.54, 1.807) is 12.1 Å². The lowest BCUT2D eigenvalue weighted by molar-refractivity contribution is -0.115. The number of aromatic nitrogens is 2. The van der Waals surface area contributed by atoms with Crippen LogP contribution in [0.3, 0.4) is 0 Å². The number of rotatable bonds is 5. The van der Waals surface area contributed by atoms with Gasteiger partial charge in [-0.15, -0.1) is 0 Å². The van der Waals surface area contributed by atoms with Gasteiger partial charge in [0.25, 0.3) is 15.9 Å². The summed E-state index contributed by atoms with van der Waals surface area (Å²) in [4.78, 5) is 11.6. The third-order valence-electron chi connectivity index (χ3n) is 3.06. The van der Waals surface area contributed by atoms with Crippen molar-refractivity contribution in [1.82, 2.24) is 14.5 Å². The van der Waals surface area contributed by atoms with Crippen LogP contribution in [0.1, 0.15) is 20.3 Å². The molecule has 6 nitrogen and oxygen atoms in total. The first-order valence-corrected chi connectivity index (χ1v) is 8.37. The number of carbonyl (C=O) groups is 1. The number of hydrogen-bond acceptors (Lipinski definition) is 4. The highest BCUT2D eigenvalue weighted by molar-refractivity contribution is 7.90. The lowest BCUT2D eigenvalue weighted by Gasteiger charge is -2.05. The highest BCUT2D eigenvalue weighted by Crippen LogP contribution is 2.15. The summed E-state index contributed by atoms with van der Waals surface area (Å²) in [6, 6.07) is 5.83. The first-order valence-electron chi connectivity index (χ1n) is 6.88. The van der Waals surface area contributed by atoms with Crippen LogP contribution >= 0.6 is 0 Å². The molecule has 2 rings (SSSR count). The van der Waals surface area contributed by atoms with E-state index >= 15 is 0 Å². The van der Waals surface area contributed by atoms with Gasteiger partial charge in [-0.1, -0.05) is 25.1 Å². The highest BCUT2D eigenvalue weighted by atomic mass is 32.2. The summed E-state index contributed by atoms with van der Waals surface area (Å²) in [6.45, 7) is 3.36. The topological polar surface area (TPSA) is 81.1 Å². The molecule has 0 atom stereocenters. The number of benzene rings is 1. The van der Waals surface area contributed by atoms with Gasteiger partial charge in [-0.25, -0.2) is 22.2 Å². The highest BCUT2D eigenvalue weighted by Gasteiger charge is 2.21. The molecule has 0 unspecified atom stereocenters. The zero-order chi connectivity index (χ0) is 17.0. The van der Waals surface area contributed by atoms with Gasteiger partial charge in [0.1, 0.15) is 16.4 Å². The van der Waals surface area contributed by atoms with E-state index in [-0.39, 0.29) is 10.6 Å². The number of hydrogen-bond donors (Lipinski definition) is 1. The lowest BCUT2D eigenvalue weighted by Crippen LogP contribution is -2.30. The van der Waals surface area contributed by atoms with Crippen molar-refractivity contribution in [3.8, 4) is 5.69 Å². The fourth-order valence-electron chi connectivity index (χ4n) is 1.87. The van der Waals surface area contributed by atoms with Crippen LogP contribution in [0.15, 0.2) is 53.2 Å². The molecule has 1 amide bonds. The van der Waals surface area contributed by atoms with Crippen molar-refractivity contribution in [2.75, 3.05) is 0 Å². The van der Waals surface area contributed by atoms with Gasteiger partial charge in [-0.3, -0.25) is 4.79 Å². The summed E-state index contributed by atoms with van der Waals surface area (Å²) < 4.78 is 41.1. The Labute approximate surface area is 133 Å². The van der Waals surface area contributed by atoms with Crippen LogP contribution in [0, 0.1) is 5.82 Å². The Morgan fingerprint density at radius 3 is 2.74 bits per heavy atom. The molecule has 0 spiro atoms. The summed E-state index contributed by atoms with van der Waals surface area (Å²) >= 11 is 0. The van der Waals surface area contributed by atoms with E-state index in [0.717, 1.165) is 17.1 Å². The van der Waals surface area contributed by atoms with Crippen LogP contribution in [0.2, 0.25) is 0 Å². The molecule has 1 heterocycles. The monoisotopic (exact) mass is 337 g/mol. The lowest BCUT2D eigenvalue weighted by atomic mass is 10.2. The van der Waals surface area contributed by atoms with E-state index in [1.165, 1.54) is 25.1 Å². The van der Waals surface area contributed by atoms with Crippen molar-refractivity contribution in [2.24, 2.45) is 0 Å². The number of halogens is 1. The predicted octanol–water partition coefficient (Wildman–Crippen LogP) is 2.17. The summed E-state index contributed by atoms with van der Waals surface area (Å²) in [7, 11) is -4.07. The number of carbonyl (C=O) groups excluding carboxylic acids is 1. The number of allylic oxidation sites excluding steroid dienone is 1. The van der Waals surface area contributed by atoms with Gasteiger partial charge >= 0.3 is 0 Å². The molecule has 0 saturated carbocycles. The van der Waals surface area contributed by atoms with Crippen LogP contribution in [0.25, 0.3) is 5.69 Å². The molecule has 8 heteroatoms. The summed E-state index contributed by atoms with van der Waals surface area (Å²) in [5.74, 6) is -1.24. The molecule has 0 aliphatic rings. The summed E-state index contributed by atoms with van der Waals surface area (Å²) in [6.07, 6.45) is 4.44. The minimum absolute atomic E-state index is 0.113. The quantitative estimate of drug-likeness (QED) is 0.848. The molecule has 0 aliphatic heterocycles. The second-order valence-electron chi connectivity index (χ2n) is 4.80. The number of nitrogens with zero attached hydrogens (tertiary/aromatic N) is 2. The maximum Gasteiger partial charge on any atom is 0.267 e. The van der Waals surface area contributed by atoms with Gasteiger partial charge in [-0.05, 0) is 25.5 Å². The van der Waals surface area contributed by atoms with Gasteiger partial charge in [0.15, 0.2) is 0 Å². The maximum absolute atomic E-state index is 13.7. The average molecular weight is 337 g/mol. The zero-order valence-electron chi connectivity index (χ0n) is 12.7. The molecule has 1 N–H and O–H groups in total. The van der Waals surface area contributed by atoms with Crippen LogP contribution in [0.5, 0.6) is 0 Å². The van der Waals surface area contributed by atoms with Crippen LogP contribution in [-0.4, -0.2) is 24.1 Å². The van der Waals surface area contributed by atoms with Crippen molar-refractivity contribution in [3.05, 3.63) is 54.1 Å². The Hall–Kier alpha value is -2.48. The standard InChI is InChI=1S/C15H16FN3O3S/c1-3-6-11(2)15(20)18-23(21,22)12-9-17-19(10-12)14-8-5-4-7-13(14)16/h4-10H,3H2,1-2H3,(H,18,20). The molecule has 0 radical (unpaired) electrons. The van der Waals surface area contributed by atoms with Gasteiger partial charge < -0.3 is 0 Å². The maximum atomic E-state index is 13.7. The van der Waals surface area contributed by atoms with Gasteiger partial charge in [0, 0.05) is 5.57 Å². The molecule has 1 aromatic carbocycles. The average Bonchev–Trinajstić information content (AvgIpc) is 2.98. The third kappa shape index (κ3) is 3.84. The molecule has 23 heavy (non-hydrogen) atoms. The van der Waals surface area contributed by atoms with Crippen molar-refractivity contribution >= 4 is 15.9 Å². The van der Waals surface area contributed by atoms with Crippen molar-refractivity contribution in [1.29, 1.82) is 0 Å². The van der Waals surface area contributed by atoms with E-state index in [9.17, 15) is 17.6 Å². The minimum Gasteiger partial charge on any atom is -0.269 e. The normalized spacial score (nSPS) is 12.2. The van der Waals surface area contributed by atoms with Crippen LogP contribution in [0.4, 0.5) is 4.39 Å². The SMILES string of the molecule is CCC=C(C)C(=O)NS(=O)(=O)c1cnn(-c2ccccc2F)c1. The number of sulfonamides is 1. The second kappa shape index (κ2) is 6.74. The van der Waals surface area contributed by atoms with Crippen LogP contribution < -0.4 is 4.72 Å². The molecule has 1 aromatic heterocycles. The second-order valence-corrected chi connectivity index (χ2v) is 6.48. The Bertz CT molecular complexity index is 856. The van der Waals surface area contributed by atoms with Crippen LogP contribution in [-0.2, 0) is 14.8 Å². The predicted molar refractivity (Wildman–Crippen MR) is 82.9 cm³/mol. The molecular weight excluding hydrogens is 321 g/mol.